The largest absolute Gasteiger partial charge is 0.497 e. The molecule has 2 aromatic carbocycles. The SMILES string of the molecule is COc1ccc(NC(=O)COc2ccc(C=NOCC(=O)N3CCOCC3)cc2OC)cc1. The van der Waals surface area contributed by atoms with Crippen LogP contribution in [0.3, 0.4) is 0 Å². The van der Waals surface area contributed by atoms with Gasteiger partial charge in [-0.2, -0.15) is 0 Å². The maximum Gasteiger partial charge on any atom is 0.263 e. The molecule has 10 heteroatoms. The van der Waals surface area contributed by atoms with E-state index in [1.165, 1.54) is 13.3 Å². The minimum Gasteiger partial charge on any atom is -0.497 e. The summed E-state index contributed by atoms with van der Waals surface area (Å²) in [4.78, 5) is 31.0. The van der Waals surface area contributed by atoms with E-state index in [4.69, 9.17) is 23.8 Å². The number of carbonyl (C=O) groups is 2. The number of rotatable bonds is 10. The number of nitrogens with zero attached hydrogens (tertiary/aromatic N) is 2. The van der Waals surface area contributed by atoms with Gasteiger partial charge in [0.1, 0.15) is 5.75 Å². The lowest BCUT2D eigenvalue weighted by atomic mass is 10.2. The van der Waals surface area contributed by atoms with E-state index in [0.29, 0.717) is 54.8 Å². The molecule has 2 aromatic rings. The van der Waals surface area contributed by atoms with Crippen molar-refractivity contribution in [1.82, 2.24) is 4.90 Å². The van der Waals surface area contributed by atoms with Crippen LogP contribution in [-0.4, -0.2) is 76.7 Å². The number of oxime groups is 1. The Labute approximate surface area is 192 Å². The molecule has 0 aromatic heterocycles. The van der Waals surface area contributed by atoms with Crippen LogP contribution in [0.2, 0.25) is 0 Å². The van der Waals surface area contributed by atoms with Crippen molar-refractivity contribution in [3.63, 3.8) is 0 Å². The number of hydrogen-bond acceptors (Lipinski definition) is 8. The quantitative estimate of drug-likeness (QED) is 0.429. The average molecular weight is 457 g/mol. The fourth-order valence-corrected chi connectivity index (χ4v) is 2.99. The van der Waals surface area contributed by atoms with Gasteiger partial charge in [0, 0.05) is 24.3 Å². The van der Waals surface area contributed by atoms with Gasteiger partial charge < -0.3 is 34.0 Å². The number of anilines is 1. The summed E-state index contributed by atoms with van der Waals surface area (Å²) in [5, 5.41) is 6.59. The summed E-state index contributed by atoms with van der Waals surface area (Å²) in [5.41, 5.74) is 1.32. The van der Waals surface area contributed by atoms with Gasteiger partial charge in [0.25, 0.3) is 11.8 Å². The maximum atomic E-state index is 12.2. The lowest BCUT2D eigenvalue weighted by Gasteiger charge is -2.26. The van der Waals surface area contributed by atoms with E-state index in [0.717, 1.165) is 0 Å². The summed E-state index contributed by atoms with van der Waals surface area (Å²) in [6.45, 7) is 1.85. The van der Waals surface area contributed by atoms with Gasteiger partial charge in [-0.1, -0.05) is 5.16 Å². The molecular weight excluding hydrogens is 430 g/mol. The first-order chi connectivity index (χ1) is 16.1. The van der Waals surface area contributed by atoms with Gasteiger partial charge in [-0.3, -0.25) is 9.59 Å². The molecule has 0 radical (unpaired) electrons. The molecule has 0 atom stereocenters. The Hall–Kier alpha value is -3.79. The summed E-state index contributed by atoms with van der Waals surface area (Å²) < 4.78 is 21.2. The van der Waals surface area contributed by atoms with Crippen LogP contribution in [0.25, 0.3) is 0 Å². The van der Waals surface area contributed by atoms with Crippen molar-refractivity contribution >= 4 is 23.7 Å². The molecule has 0 saturated carbocycles. The first kappa shape index (κ1) is 23.9. The van der Waals surface area contributed by atoms with Crippen molar-refractivity contribution < 1.29 is 33.4 Å². The van der Waals surface area contributed by atoms with Crippen molar-refractivity contribution in [1.29, 1.82) is 0 Å². The Bertz CT molecular complexity index is 957. The fraction of sp³-hybridized carbons (Fsp3) is 0.348. The van der Waals surface area contributed by atoms with Crippen LogP contribution in [0.15, 0.2) is 47.6 Å². The topological polar surface area (TPSA) is 108 Å². The Kier molecular flexibility index (Phi) is 8.89. The van der Waals surface area contributed by atoms with Crippen LogP contribution in [0.1, 0.15) is 5.56 Å². The Morgan fingerprint density at radius 3 is 2.48 bits per heavy atom. The van der Waals surface area contributed by atoms with Gasteiger partial charge in [-0.05, 0) is 42.5 Å². The normalized spacial score (nSPS) is 13.5. The van der Waals surface area contributed by atoms with Crippen LogP contribution in [0.4, 0.5) is 5.69 Å². The minimum atomic E-state index is -0.314. The molecule has 1 heterocycles. The molecule has 3 rings (SSSR count). The Morgan fingerprint density at radius 2 is 1.79 bits per heavy atom. The van der Waals surface area contributed by atoms with Crippen molar-refractivity contribution in [3.05, 3.63) is 48.0 Å². The molecule has 1 aliphatic heterocycles. The summed E-state index contributed by atoms with van der Waals surface area (Å²) in [7, 11) is 3.07. The predicted molar refractivity (Wildman–Crippen MR) is 121 cm³/mol. The van der Waals surface area contributed by atoms with Gasteiger partial charge in [-0.25, -0.2) is 0 Å². The summed E-state index contributed by atoms with van der Waals surface area (Å²) >= 11 is 0. The van der Waals surface area contributed by atoms with Crippen LogP contribution >= 0.6 is 0 Å². The number of amides is 2. The van der Waals surface area contributed by atoms with Gasteiger partial charge in [0.2, 0.25) is 0 Å². The molecule has 2 amide bonds. The molecule has 0 aliphatic carbocycles. The first-order valence-electron chi connectivity index (χ1n) is 10.3. The molecular formula is C23H27N3O7. The summed E-state index contributed by atoms with van der Waals surface area (Å²) in [5.74, 6) is 1.09. The van der Waals surface area contributed by atoms with E-state index in [-0.39, 0.29) is 25.0 Å². The highest BCUT2D eigenvalue weighted by Gasteiger charge is 2.17. The number of ether oxygens (including phenoxy) is 4. The highest BCUT2D eigenvalue weighted by molar-refractivity contribution is 5.92. The standard InChI is InChI=1S/C23H27N3O7/c1-29-19-6-4-18(5-7-19)25-22(27)15-32-20-8-3-17(13-21(20)30-2)14-24-33-16-23(28)26-9-11-31-12-10-26/h3-8,13-14H,9-12,15-16H2,1-2H3,(H,25,27). The highest BCUT2D eigenvalue weighted by Crippen LogP contribution is 2.27. The predicted octanol–water partition coefficient (Wildman–Crippen LogP) is 1.93. The first-order valence-corrected chi connectivity index (χ1v) is 10.3. The smallest absolute Gasteiger partial charge is 0.263 e. The van der Waals surface area contributed by atoms with Crippen molar-refractivity contribution in [3.8, 4) is 17.2 Å². The Morgan fingerprint density at radius 1 is 1.03 bits per heavy atom. The third-order valence-corrected chi connectivity index (χ3v) is 4.75. The maximum absolute atomic E-state index is 12.2. The van der Waals surface area contributed by atoms with E-state index in [9.17, 15) is 9.59 Å². The van der Waals surface area contributed by atoms with Gasteiger partial charge in [0.15, 0.2) is 24.7 Å². The molecule has 1 aliphatic rings. The minimum absolute atomic E-state index is 0.135. The zero-order valence-corrected chi connectivity index (χ0v) is 18.6. The third kappa shape index (κ3) is 7.39. The number of methoxy groups -OCH3 is 2. The number of nitrogens with one attached hydrogen (secondary N) is 1. The highest BCUT2D eigenvalue weighted by atomic mass is 16.6. The van der Waals surface area contributed by atoms with Crippen LogP contribution < -0.4 is 19.5 Å². The van der Waals surface area contributed by atoms with E-state index in [2.05, 4.69) is 10.5 Å². The molecule has 10 nitrogen and oxygen atoms in total. The molecule has 0 spiro atoms. The second-order valence-corrected chi connectivity index (χ2v) is 6.98. The van der Waals surface area contributed by atoms with Crippen LogP contribution in [-0.2, 0) is 19.2 Å². The molecule has 1 saturated heterocycles. The summed E-state index contributed by atoms with van der Waals surface area (Å²) in [6, 6.07) is 12.1. The second-order valence-electron chi connectivity index (χ2n) is 6.98. The number of hydrogen-bond donors (Lipinski definition) is 1. The average Bonchev–Trinajstić information content (AvgIpc) is 2.86. The van der Waals surface area contributed by atoms with E-state index < -0.39 is 0 Å². The van der Waals surface area contributed by atoms with Crippen LogP contribution in [0, 0.1) is 0 Å². The lowest BCUT2D eigenvalue weighted by molar-refractivity contribution is -0.140. The zero-order valence-electron chi connectivity index (χ0n) is 18.6. The number of carbonyl (C=O) groups excluding carboxylic acids is 2. The lowest BCUT2D eigenvalue weighted by Crippen LogP contribution is -2.42. The molecule has 33 heavy (non-hydrogen) atoms. The molecule has 0 bridgehead atoms. The van der Waals surface area contributed by atoms with Crippen molar-refractivity contribution in [2.45, 2.75) is 0 Å². The molecule has 176 valence electrons. The van der Waals surface area contributed by atoms with Crippen molar-refractivity contribution in [2.75, 3.05) is 59.1 Å². The van der Waals surface area contributed by atoms with E-state index in [1.54, 1.807) is 54.5 Å². The zero-order chi connectivity index (χ0) is 23.5. The molecule has 1 N–H and O–H groups in total. The number of morpholine rings is 1. The van der Waals surface area contributed by atoms with Gasteiger partial charge in [-0.15, -0.1) is 0 Å². The second kappa shape index (κ2) is 12.3. The Balaban J connectivity index is 1.47. The molecule has 1 fully saturated rings. The van der Waals surface area contributed by atoms with E-state index >= 15 is 0 Å². The van der Waals surface area contributed by atoms with Crippen LogP contribution in [0.5, 0.6) is 17.2 Å². The molecule has 0 unspecified atom stereocenters. The third-order valence-electron chi connectivity index (χ3n) is 4.75. The van der Waals surface area contributed by atoms with Gasteiger partial charge >= 0.3 is 0 Å². The van der Waals surface area contributed by atoms with E-state index in [1.807, 2.05) is 0 Å². The van der Waals surface area contributed by atoms with Gasteiger partial charge in [0.05, 0.1) is 33.6 Å². The summed E-state index contributed by atoms with van der Waals surface area (Å²) in [6.07, 6.45) is 1.47. The fourth-order valence-electron chi connectivity index (χ4n) is 2.99. The number of benzene rings is 2. The van der Waals surface area contributed by atoms with Crippen molar-refractivity contribution in [2.24, 2.45) is 5.16 Å². The monoisotopic (exact) mass is 457 g/mol.